The second-order valence-electron chi connectivity index (χ2n) is 4.89. The first kappa shape index (κ1) is 18.8. The number of aromatic nitrogens is 2. The molecule has 0 bridgehead atoms. The highest BCUT2D eigenvalue weighted by Gasteiger charge is 2.19. The molecule has 3 aromatic rings. The smallest absolute Gasteiger partial charge is 0.231 e. The van der Waals surface area contributed by atoms with Gasteiger partial charge in [-0.15, -0.1) is 21.8 Å². The molecule has 0 saturated heterocycles. The third-order valence-electron chi connectivity index (χ3n) is 3.16. The summed E-state index contributed by atoms with van der Waals surface area (Å²) < 4.78 is 36.0. The molecule has 1 heterocycles. The summed E-state index contributed by atoms with van der Waals surface area (Å²) in [5, 5.41) is 9.86. The zero-order valence-corrected chi connectivity index (χ0v) is 13.9. The van der Waals surface area contributed by atoms with Gasteiger partial charge in [-0.1, -0.05) is 24.3 Å². The molecule has 0 aliphatic rings. The van der Waals surface area contributed by atoms with Crippen LogP contribution < -0.4 is 23.2 Å². The van der Waals surface area contributed by atoms with E-state index in [4.69, 9.17) is 30.2 Å². The topological polar surface area (TPSA) is 129 Å². The first-order chi connectivity index (χ1) is 11.3. The second-order valence-corrected chi connectivity index (χ2v) is 5.95. The van der Waals surface area contributed by atoms with E-state index in [1.54, 1.807) is 0 Å². The van der Waals surface area contributed by atoms with Gasteiger partial charge in [0.05, 0.1) is 5.88 Å². The number of halogens is 2. The summed E-state index contributed by atoms with van der Waals surface area (Å²) >= 11 is 5.73. The largest absolute Gasteiger partial charge is 0.385 e. The number of para-hydroxylation sites is 4. The molecule has 9 heteroatoms. The van der Waals surface area contributed by atoms with E-state index in [1.165, 1.54) is 0 Å². The Kier molecular flexibility index (Phi) is 6.25. The summed E-state index contributed by atoms with van der Waals surface area (Å²) in [6.07, 6.45) is -0.569. The van der Waals surface area contributed by atoms with Gasteiger partial charge in [-0.2, -0.15) is 4.57 Å². The van der Waals surface area contributed by atoms with Gasteiger partial charge in [0.2, 0.25) is 11.0 Å². The van der Waals surface area contributed by atoms with Crippen LogP contribution in [0.25, 0.3) is 22.1 Å². The molecule has 0 radical (unpaired) electrons. The number of aliphatic hydroxyl groups is 1. The van der Waals surface area contributed by atoms with E-state index in [9.17, 15) is 5.11 Å². The Morgan fingerprint density at radius 2 is 1.38 bits per heavy atom. The van der Waals surface area contributed by atoms with Crippen molar-refractivity contribution in [3.05, 3.63) is 48.5 Å². The van der Waals surface area contributed by atoms with E-state index in [-0.39, 0.29) is 5.88 Å². The molecule has 0 amide bonds. The molecule has 0 aliphatic carbocycles. The van der Waals surface area contributed by atoms with Crippen molar-refractivity contribution in [3.8, 4) is 0 Å². The molecule has 24 heavy (non-hydrogen) atoms. The molecule has 7 nitrogen and oxygen atoms in total. The number of nitrogens with zero attached hydrogens (tertiary/aromatic N) is 2. The molecule has 0 saturated carbocycles. The molecule has 0 spiro atoms. The summed E-state index contributed by atoms with van der Waals surface area (Å²) in [5.41, 5.74) is 3.85. The van der Waals surface area contributed by atoms with Gasteiger partial charge in [0, 0.05) is 12.1 Å². The summed E-state index contributed by atoms with van der Waals surface area (Å²) in [5.74, 6) is 0.220. The Balaban J connectivity index is 0.000000368. The fourth-order valence-corrected chi connectivity index (χ4v) is 2.39. The van der Waals surface area contributed by atoms with Crippen LogP contribution in [0.2, 0.25) is 0 Å². The van der Waals surface area contributed by atoms with Crippen LogP contribution in [0.4, 0.5) is 0 Å². The zero-order chi connectivity index (χ0) is 17.7. The minimum absolute atomic E-state index is 0.220. The van der Waals surface area contributed by atoms with Crippen LogP contribution in [0.1, 0.15) is 0 Å². The van der Waals surface area contributed by atoms with Crippen molar-refractivity contribution in [1.29, 1.82) is 0 Å². The zero-order valence-electron chi connectivity index (χ0n) is 12.3. The average Bonchev–Trinajstić information content (AvgIpc) is 2.53. The van der Waals surface area contributed by atoms with Gasteiger partial charge in [-0.05, 0) is 12.1 Å². The number of benzene rings is 2. The number of hydrogen-bond acceptors (Lipinski definition) is 6. The van der Waals surface area contributed by atoms with E-state index >= 15 is 0 Å². The third kappa shape index (κ3) is 5.22. The highest BCUT2D eigenvalue weighted by Crippen LogP contribution is 2.14. The Labute approximate surface area is 144 Å². The maximum Gasteiger partial charge on any atom is 0.231 e. The number of hydrogen-bond donors (Lipinski definition) is 1. The number of alkyl halides is 1. The van der Waals surface area contributed by atoms with Crippen molar-refractivity contribution in [1.82, 2.24) is 4.98 Å². The number of fused-ring (bicyclic) bond motifs is 2. The molecule has 1 aromatic heterocycles. The van der Waals surface area contributed by atoms with Gasteiger partial charge in [0.15, 0.2) is 6.54 Å². The fourth-order valence-electron chi connectivity index (χ4n) is 2.29. The maximum atomic E-state index is 9.86. The van der Waals surface area contributed by atoms with E-state index in [0.29, 0.717) is 6.54 Å². The normalized spacial score (nSPS) is 12.8. The molecule has 3 rings (SSSR count). The Hall–Kier alpha value is -1.58. The predicted octanol–water partition coefficient (Wildman–Crippen LogP) is -2.48. The number of aliphatic hydroxyl groups excluding tert-OH is 1. The van der Waals surface area contributed by atoms with Crippen molar-refractivity contribution in [2.75, 3.05) is 5.88 Å². The summed E-state index contributed by atoms with van der Waals surface area (Å²) in [6.45, 7) is 0.465. The molecule has 1 unspecified atom stereocenters. The van der Waals surface area contributed by atoms with Crippen molar-refractivity contribution in [3.63, 3.8) is 0 Å². The lowest BCUT2D eigenvalue weighted by Gasteiger charge is -2.17. The first-order valence-corrected chi connectivity index (χ1v) is 8.59. The summed E-state index contributed by atoms with van der Waals surface area (Å²) in [7, 11) is -4.94. The summed E-state index contributed by atoms with van der Waals surface area (Å²) in [6, 6.07) is 15.9. The van der Waals surface area contributed by atoms with E-state index in [1.807, 2.05) is 48.5 Å². The van der Waals surface area contributed by atoms with Crippen LogP contribution in [0.3, 0.4) is 0 Å². The van der Waals surface area contributed by atoms with Crippen LogP contribution in [-0.2, 0) is 6.54 Å². The van der Waals surface area contributed by atoms with Crippen molar-refractivity contribution >= 4 is 33.7 Å². The summed E-state index contributed by atoms with van der Waals surface area (Å²) in [4.78, 5) is 4.64. The lowest BCUT2D eigenvalue weighted by atomic mass is 10.2. The third-order valence-corrected chi connectivity index (χ3v) is 3.51. The number of rotatable bonds is 3. The standard InChI is InChI=1S/C15H14ClN2O.ClHO4/c16-9-11(19)10-18-14-7-3-1-5-12(14)17-13-6-2-4-8-15(13)18;2-1(3,4)5/h1-8,11,19H,9-10H2;(H,2,3,4,5)/q+1;/p-1. The molecule has 128 valence electrons. The van der Waals surface area contributed by atoms with Crippen molar-refractivity contribution in [2.24, 2.45) is 0 Å². The monoisotopic (exact) mass is 372 g/mol. The van der Waals surface area contributed by atoms with E-state index in [0.717, 1.165) is 22.1 Å². The van der Waals surface area contributed by atoms with Crippen LogP contribution >= 0.6 is 11.6 Å². The molecule has 0 fully saturated rings. The van der Waals surface area contributed by atoms with Crippen molar-refractivity contribution in [2.45, 2.75) is 12.6 Å². The lowest BCUT2D eigenvalue weighted by Crippen LogP contribution is -2.68. The Bertz CT molecular complexity index is 766. The van der Waals surface area contributed by atoms with Crippen LogP contribution in [-0.4, -0.2) is 22.1 Å². The van der Waals surface area contributed by atoms with Gasteiger partial charge >= 0.3 is 0 Å². The molecule has 0 aliphatic heterocycles. The molecule has 1 atom stereocenters. The molecule has 1 N–H and O–H groups in total. The minimum Gasteiger partial charge on any atom is -0.385 e. The molecule has 2 aromatic carbocycles. The Morgan fingerprint density at radius 1 is 0.958 bits per heavy atom. The lowest BCUT2D eigenvalue weighted by molar-refractivity contribution is -2.00. The van der Waals surface area contributed by atoms with Gasteiger partial charge in [0.25, 0.3) is 0 Å². The molecular weight excluding hydrogens is 359 g/mol. The highest BCUT2D eigenvalue weighted by molar-refractivity contribution is 6.18. The van der Waals surface area contributed by atoms with Gasteiger partial charge < -0.3 is 5.11 Å². The highest BCUT2D eigenvalue weighted by atomic mass is 35.7. The predicted molar refractivity (Wildman–Crippen MR) is 76.2 cm³/mol. The van der Waals surface area contributed by atoms with E-state index in [2.05, 4.69) is 9.55 Å². The maximum absolute atomic E-state index is 9.86. The van der Waals surface area contributed by atoms with Crippen LogP contribution in [0.15, 0.2) is 48.5 Å². The van der Waals surface area contributed by atoms with E-state index < -0.39 is 16.3 Å². The quantitative estimate of drug-likeness (QED) is 0.307. The van der Waals surface area contributed by atoms with Gasteiger partial charge in [-0.3, -0.25) is 0 Å². The molecular formula is C15H14Cl2N2O5. The van der Waals surface area contributed by atoms with Crippen LogP contribution in [0.5, 0.6) is 0 Å². The SMILES string of the molecule is OC(CCl)C[n+]1c2ccccc2nc2ccccc21.[O-][Cl+3]([O-])([O-])[O-]. The second kappa shape index (κ2) is 8.00. The van der Waals surface area contributed by atoms with Gasteiger partial charge in [-0.25, -0.2) is 23.6 Å². The van der Waals surface area contributed by atoms with Gasteiger partial charge in [0.1, 0.15) is 17.1 Å². The van der Waals surface area contributed by atoms with Crippen LogP contribution in [0, 0.1) is 10.2 Å². The minimum atomic E-state index is -4.94. The Morgan fingerprint density at radius 3 is 1.79 bits per heavy atom. The average molecular weight is 373 g/mol. The first-order valence-electron chi connectivity index (χ1n) is 6.82. The fraction of sp³-hybridized carbons (Fsp3) is 0.200. The van der Waals surface area contributed by atoms with Crippen molar-refractivity contribution < 1.29 is 38.6 Å².